The van der Waals surface area contributed by atoms with Gasteiger partial charge < -0.3 is 28.8 Å². The molecule has 2 N–H and O–H groups in total. The van der Waals surface area contributed by atoms with Gasteiger partial charge in [-0.15, -0.1) is 0 Å². The number of aliphatic hydroxyl groups excluding tert-OH is 1. The zero-order valence-corrected chi connectivity index (χ0v) is 31.9. The maximum Gasteiger partial charge on any atom is 0.268 e. The Morgan fingerprint density at radius 2 is 1.21 bits per heavy atom. The molecule has 0 aliphatic heterocycles. The first-order valence-electron chi connectivity index (χ1n) is 18.9. The molecule has 0 aromatic rings. The number of likely N-dealkylation sites (N-methyl/N-ethyl adjacent to an activating group) is 1. The van der Waals surface area contributed by atoms with Gasteiger partial charge in [-0.05, 0) is 51.4 Å². The summed E-state index contributed by atoms with van der Waals surface area (Å²) in [6, 6.07) is -0.904. The minimum Gasteiger partial charge on any atom is -0.756 e. The second kappa shape index (κ2) is 30.8. The fraction of sp³-hybridized carbons (Fsp3) is 0.816. The van der Waals surface area contributed by atoms with Crippen LogP contribution in [0.5, 0.6) is 0 Å². The van der Waals surface area contributed by atoms with Crippen LogP contribution in [-0.4, -0.2) is 68.5 Å². The van der Waals surface area contributed by atoms with Crippen molar-refractivity contribution in [1.29, 1.82) is 0 Å². The number of unbranched alkanes of at least 4 members (excludes halogenated alkanes) is 16. The molecule has 0 aliphatic carbocycles. The lowest BCUT2D eigenvalue weighted by Crippen LogP contribution is -2.45. The quantitative estimate of drug-likeness (QED) is 0.0309. The molecule has 0 radical (unpaired) electrons. The largest absolute Gasteiger partial charge is 0.756 e. The maximum atomic E-state index is 12.7. The molecule has 0 aromatic heterocycles. The van der Waals surface area contributed by atoms with E-state index in [4.69, 9.17) is 9.05 Å². The molecular formula is C38H73N2O6P. The molecule has 0 fully saturated rings. The van der Waals surface area contributed by atoms with Crippen LogP contribution in [0.2, 0.25) is 0 Å². The number of quaternary nitrogens is 1. The van der Waals surface area contributed by atoms with E-state index in [1.807, 2.05) is 27.2 Å². The van der Waals surface area contributed by atoms with Gasteiger partial charge in [0.25, 0.3) is 7.82 Å². The van der Waals surface area contributed by atoms with Crippen LogP contribution < -0.4 is 10.2 Å². The number of allylic oxidation sites excluding steroid dienone is 5. The molecule has 0 aliphatic rings. The number of hydrogen-bond acceptors (Lipinski definition) is 6. The van der Waals surface area contributed by atoms with Crippen molar-refractivity contribution in [3.8, 4) is 0 Å². The second-order valence-corrected chi connectivity index (χ2v) is 15.3. The Morgan fingerprint density at radius 3 is 1.79 bits per heavy atom. The molecule has 9 heteroatoms. The van der Waals surface area contributed by atoms with Crippen LogP contribution in [0.4, 0.5) is 0 Å². The Balaban J connectivity index is 4.62. The average Bonchev–Trinajstić information content (AvgIpc) is 3.01. The highest BCUT2D eigenvalue weighted by Gasteiger charge is 2.23. The van der Waals surface area contributed by atoms with Crippen LogP contribution in [-0.2, 0) is 18.4 Å². The van der Waals surface area contributed by atoms with E-state index in [1.165, 1.54) is 70.6 Å². The predicted octanol–water partition coefficient (Wildman–Crippen LogP) is 8.94. The molecule has 0 aromatic carbocycles. The van der Waals surface area contributed by atoms with Crippen molar-refractivity contribution < 1.29 is 32.9 Å². The Morgan fingerprint density at radius 1 is 0.723 bits per heavy atom. The average molecular weight is 685 g/mol. The molecule has 8 nitrogen and oxygen atoms in total. The summed E-state index contributed by atoms with van der Waals surface area (Å²) in [7, 11) is 1.23. The van der Waals surface area contributed by atoms with Crippen LogP contribution in [0.3, 0.4) is 0 Å². The van der Waals surface area contributed by atoms with Gasteiger partial charge in [-0.1, -0.05) is 127 Å². The first kappa shape index (κ1) is 45.7. The summed E-state index contributed by atoms with van der Waals surface area (Å²) in [5.41, 5.74) is 0. The molecule has 0 rings (SSSR count). The topological polar surface area (TPSA) is 108 Å². The van der Waals surface area contributed by atoms with E-state index in [-0.39, 0.29) is 12.5 Å². The first-order valence-corrected chi connectivity index (χ1v) is 20.3. The Kier molecular flexibility index (Phi) is 29.9. The highest BCUT2D eigenvalue weighted by atomic mass is 31.2. The summed E-state index contributed by atoms with van der Waals surface area (Å²) in [5.74, 6) is -0.225. The van der Waals surface area contributed by atoms with Crippen molar-refractivity contribution in [2.75, 3.05) is 40.9 Å². The van der Waals surface area contributed by atoms with E-state index in [2.05, 4.69) is 43.5 Å². The van der Waals surface area contributed by atoms with Crippen LogP contribution >= 0.6 is 7.82 Å². The van der Waals surface area contributed by atoms with Gasteiger partial charge in [-0.2, -0.15) is 0 Å². The fourth-order valence-electron chi connectivity index (χ4n) is 4.97. The molecule has 0 spiro atoms. The van der Waals surface area contributed by atoms with Gasteiger partial charge in [0, 0.05) is 6.42 Å². The van der Waals surface area contributed by atoms with Crippen LogP contribution in [0.15, 0.2) is 36.5 Å². The lowest BCUT2D eigenvalue weighted by molar-refractivity contribution is -0.870. The number of hydrogen-bond donors (Lipinski definition) is 2. The zero-order valence-electron chi connectivity index (χ0n) is 31.0. The van der Waals surface area contributed by atoms with Crippen molar-refractivity contribution in [1.82, 2.24) is 5.32 Å². The van der Waals surface area contributed by atoms with E-state index < -0.39 is 26.6 Å². The van der Waals surface area contributed by atoms with Gasteiger partial charge in [0.1, 0.15) is 13.2 Å². The number of phosphoric acid groups is 1. The van der Waals surface area contributed by atoms with Crippen molar-refractivity contribution in [3.63, 3.8) is 0 Å². The van der Waals surface area contributed by atoms with E-state index >= 15 is 0 Å². The lowest BCUT2D eigenvalue weighted by Gasteiger charge is -2.29. The Labute approximate surface area is 289 Å². The third-order valence-electron chi connectivity index (χ3n) is 8.07. The number of aliphatic hydroxyl groups is 1. The molecule has 3 atom stereocenters. The number of carbonyl (C=O) groups excluding carboxylic acids is 1. The molecule has 0 heterocycles. The van der Waals surface area contributed by atoms with Crippen LogP contribution in [0, 0.1) is 0 Å². The molecule has 0 saturated heterocycles. The molecule has 276 valence electrons. The second-order valence-electron chi connectivity index (χ2n) is 13.9. The summed E-state index contributed by atoms with van der Waals surface area (Å²) in [4.78, 5) is 25.1. The Hall–Kier alpha value is -1.28. The normalized spacial score (nSPS) is 15.1. The molecule has 0 saturated carbocycles. The van der Waals surface area contributed by atoms with Crippen molar-refractivity contribution >= 4 is 13.7 Å². The SMILES string of the molecule is CCCC/C=C\CCCCCCC(=O)NC(COP(=O)([O-])OCC[N+](C)(C)C)C(O)/C=C/CC/C=C/CCCCCCCCCCC. The molecular weight excluding hydrogens is 611 g/mol. The molecule has 1 amide bonds. The van der Waals surface area contributed by atoms with Gasteiger partial charge in [-0.25, -0.2) is 0 Å². The summed E-state index contributed by atoms with van der Waals surface area (Å²) >= 11 is 0. The number of rotatable bonds is 33. The minimum absolute atomic E-state index is 0.00899. The highest BCUT2D eigenvalue weighted by molar-refractivity contribution is 7.45. The highest BCUT2D eigenvalue weighted by Crippen LogP contribution is 2.38. The number of nitrogens with zero attached hydrogens (tertiary/aromatic N) is 1. The number of nitrogens with one attached hydrogen (secondary N) is 1. The van der Waals surface area contributed by atoms with Crippen LogP contribution in [0.25, 0.3) is 0 Å². The van der Waals surface area contributed by atoms with E-state index in [1.54, 1.807) is 6.08 Å². The predicted molar refractivity (Wildman–Crippen MR) is 196 cm³/mol. The summed E-state index contributed by atoms with van der Waals surface area (Å²) in [6.07, 6.45) is 34.8. The summed E-state index contributed by atoms with van der Waals surface area (Å²) in [5, 5.41) is 13.6. The van der Waals surface area contributed by atoms with E-state index in [9.17, 15) is 19.4 Å². The monoisotopic (exact) mass is 685 g/mol. The van der Waals surface area contributed by atoms with Crippen LogP contribution in [0.1, 0.15) is 149 Å². The molecule has 0 bridgehead atoms. The van der Waals surface area contributed by atoms with E-state index in [0.29, 0.717) is 17.4 Å². The third-order valence-corrected chi connectivity index (χ3v) is 9.04. The number of carbonyl (C=O) groups is 1. The van der Waals surface area contributed by atoms with Gasteiger partial charge >= 0.3 is 0 Å². The summed E-state index contributed by atoms with van der Waals surface area (Å²) in [6.45, 7) is 4.53. The smallest absolute Gasteiger partial charge is 0.268 e. The van der Waals surface area contributed by atoms with Crippen molar-refractivity contribution in [2.24, 2.45) is 0 Å². The number of phosphoric ester groups is 1. The molecule has 3 unspecified atom stereocenters. The van der Waals surface area contributed by atoms with Gasteiger partial charge in [0.2, 0.25) is 5.91 Å². The standard InChI is InChI=1S/C38H73N2O6P/c1-6-8-10-12-14-16-18-19-20-21-22-23-25-27-29-31-37(41)36(35-46-47(43,44)45-34-33-40(3,4)5)39-38(42)32-30-28-26-24-17-15-13-11-9-7-2/h13,15,22-23,29,31,36-37,41H,6-12,14,16-21,24-28,30,32-35H2,1-5H3,(H-,39,42,43,44)/b15-13-,23-22+,31-29+. The third kappa shape index (κ3) is 33.0. The van der Waals surface area contributed by atoms with E-state index in [0.717, 1.165) is 57.8 Å². The first-order chi connectivity index (χ1) is 22.5. The van der Waals surface area contributed by atoms with Gasteiger partial charge in [0.15, 0.2) is 0 Å². The van der Waals surface area contributed by atoms with Gasteiger partial charge in [0.05, 0.1) is 39.9 Å². The molecule has 47 heavy (non-hydrogen) atoms. The minimum atomic E-state index is -4.59. The van der Waals surface area contributed by atoms with Gasteiger partial charge in [-0.3, -0.25) is 9.36 Å². The lowest BCUT2D eigenvalue weighted by atomic mass is 10.1. The maximum absolute atomic E-state index is 12.7. The fourth-order valence-corrected chi connectivity index (χ4v) is 5.69. The summed E-state index contributed by atoms with van der Waals surface area (Å²) < 4.78 is 23.0. The zero-order chi connectivity index (χ0) is 35.1. The van der Waals surface area contributed by atoms with Crippen molar-refractivity contribution in [3.05, 3.63) is 36.5 Å². The van der Waals surface area contributed by atoms with Crippen molar-refractivity contribution in [2.45, 2.75) is 161 Å². The Bertz CT molecular complexity index is 871. The number of amides is 1.